The zero-order valence-corrected chi connectivity index (χ0v) is 28.8. The summed E-state index contributed by atoms with van der Waals surface area (Å²) in [5.41, 5.74) is 6.23. The first-order chi connectivity index (χ1) is 24.8. The third-order valence-electron chi connectivity index (χ3n) is 8.82. The summed E-state index contributed by atoms with van der Waals surface area (Å²) in [5, 5.41) is 43.9. The number of carboxylic acid groups (broad SMARTS) is 1. The van der Waals surface area contributed by atoms with Crippen LogP contribution in [0.25, 0.3) is 16.8 Å². The maximum Gasteiger partial charge on any atom is 0.303 e. The molecule has 4 unspecified atom stereocenters. The number of aliphatic hydroxyl groups is 1. The highest BCUT2D eigenvalue weighted by atomic mass is 32.2. The van der Waals surface area contributed by atoms with Crippen LogP contribution in [0.15, 0.2) is 102 Å². The van der Waals surface area contributed by atoms with E-state index in [0.29, 0.717) is 23.9 Å². The van der Waals surface area contributed by atoms with Crippen molar-refractivity contribution in [2.75, 3.05) is 5.75 Å². The van der Waals surface area contributed by atoms with Crippen molar-refractivity contribution in [3.8, 4) is 22.6 Å². The van der Waals surface area contributed by atoms with Crippen LogP contribution >= 0.6 is 11.8 Å². The van der Waals surface area contributed by atoms with Crippen molar-refractivity contribution in [1.82, 2.24) is 25.5 Å². The predicted octanol–water partition coefficient (Wildman–Crippen LogP) is 5.98. The summed E-state index contributed by atoms with van der Waals surface area (Å²) in [6, 6.07) is 30.2. The first-order valence-corrected chi connectivity index (χ1v) is 17.7. The van der Waals surface area contributed by atoms with Crippen molar-refractivity contribution in [1.29, 1.82) is 0 Å². The highest BCUT2D eigenvalue weighted by Crippen LogP contribution is 2.43. The lowest BCUT2D eigenvalue weighted by Crippen LogP contribution is -2.38. The highest BCUT2D eigenvalue weighted by Gasteiger charge is 2.38. The summed E-state index contributed by atoms with van der Waals surface area (Å²) in [6.45, 7) is 2.37. The number of hydrogen-bond acceptors (Lipinski definition) is 10. The number of hydrogen-bond donors (Lipinski definition) is 4. The number of ether oxygens (including phenoxy) is 2. The lowest BCUT2D eigenvalue weighted by molar-refractivity contribution is -0.268. The second kappa shape index (κ2) is 16.8. The molecule has 2 heterocycles. The summed E-state index contributed by atoms with van der Waals surface area (Å²) < 4.78 is 14.9. The summed E-state index contributed by atoms with van der Waals surface area (Å²) in [5.74, 6) is -0.452. The molecule has 6 rings (SSSR count). The number of aromatic hydroxyl groups is 1. The Bertz CT molecular complexity index is 1920. The molecule has 51 heavy (non-hydrogen) atoms. The van der Waals surface area contributed by atoms with E-state index in [2.05, 4.69) is 27.8 Å². The van der Waals surface area contributed by atoms with Crippen LogP contribution in [0.3, 0.4) is 0 Å². The number of nitrogens with one attached hydrogen (secondary N) is 1. The Balaban J connectivity index is 1.19. The largest absolute Gasteiger partial charge is 0.508 e. The number of carbonyl (C=O) groups is 2. The first kappa shape index (κ1) is 35.7. The van der Waals surface area contributed by atoms with E-state index in [-0.39, 0.29) is 49.2 Å². The number of aliphatic carboxylic acids is 1. The Morgan fingerprint density at radius 1 is 0.902 bits per heavy atom. The number of phenolic OH excluding ortho intramolecular Hbond substituents is 1. The van der Waals surface area contributed by atoms with Crippen LogP contribution in [-0.2, 0) is 32.2 Å². The zero-order chi connectivity index (χ0) is 35.7. The number of phenols is 1. The monoisotopic (exact) mass is 709 g/mol. The van der Waals surface area contributed by atoms with Gasteiger partial charge in [-0.1, -0.05) is 91.5 Å². The third kappa shape index (κ3) is 8.99. The first-order valence-electron chi connectivity index (χ1n) is 16.7. The van der Waals surface area contributed by atoms with Crippen LogP contribution in [-0.4, -0.2) is 59.3 Å². The molecule has 264 valence electrons. The van der Waals surface area contributed by atoms with Crippen molar-refractivity contribution < 1.29 is 34.4 Å². The van der Waals surface area contributed by atoms with E-state index in [1.807, 2.05) is 72.8 Å². The molecule has 1 aliphatic rings. The van der Waals surface area contributed by atoms with Crippen LogP contribution in [0.2, 0.25) is 0 Å². The number of aliphatic hydroxyl groups excluding tert-OH is 1. The van der Waals surface area contributed by atoms with Gasteiger partial charge in [0.05, 0.1) is 24.5 Å². The number of carboxylic acids is 1. The smallest absolute Gasteiger partial charge is 0.303 e. The van der Waals surface area contributed by atoms with Gasteiger partial charge in [0.2, 0.25) is 11.1 Å². The molecular weight excluding hydrogens is 671 g/mol. The number of benzene rings is 4. The number of amides is 1. The maximum atomic E-state index is 12.3. The highest BCUT2D eigenvalue weighted by molar-refractivity contribution is 7.99. The van der Waals surface area contributed by atoms with Gasteiger partial charge >= 0.3 is 5.97 Å². The predicted molar refractivity (Wildman–Crippen MR) is 190 cm³/mol. The van der Waals surface area contributed by atoms with E-state index in [4.69, 9.17) is 14.6 Å². The molecule has 4 aromatic carbocycles. The fourth-order valence-corrected chi connectivity index (χ4v) is 7.00. The topological polar surface area (TPSA) is 169 Å². The van der Waals surface area contributed by atoms with Crippen molar-refractivity contribution in [3.63, 3.8) is 0 Å². The standard InChI is InChI=1S/C38H39N5O7S/c1-24-33(23-51-38-40-41-42-43(38)30-17-19-31(45)20-18-30)49-37(50-36(24)27-11-9-25(22-44)10-12-27)28-15-13-26(14-16-28)32-6-3-2-5-29(32)21-39-34(46)7-4-8-35(47)48/h2-3,5-6,9-20,24,33,36-37,44-45H,4,7-8,21-23H2,1H3,(H,39,46)(H,47,48). The quantitative estimate of drug-likeness (QED) is 0.100. The van der Waals surface area contributed by atoms with Gasteiger partial charge in [0.1, 0.15) is 5.75 Å². The number of nitrogens with zero attached hydrogens (tertiary/aromatic N) is 4. The van der Waals surface area contributed by atoms with Gasteiger partial charge in [0, 0.05) is 36.6 Å². The minimum Gasteiger partial charge on any atom is -0.508 e. The molecule has 0 spiro atoms. The average molecular weight is 710 g/mol. The SMILES string of the molecule is CC1C(CSc2nnnn2-c2ccc(O)cc2)OC(c2ccc(-c3ccccc3CNC(=O)CCCC(=O)O)cc2)OC1c1ccc(CO)cc1. The zero-order valence-electron chi connectivity index (χ0n) is 28.0. The number of carbonyl (C=O) groups excluding carboxylic acids is 1. The molecule has 0 radical (unpaired) electrons. The Morgan fingerprint density at radius 3 is 2.35 bits per heavy atom. The van der Waals surface area contributed by atoms with Gasteiger partial charge in [-0.2, -0.15) is 4.68 Å². The van der Waals surface area contributed by atoms with Gasteiger partial charge in [-0.25, -0.2) is 0 Å². The molecule has 1 aliphatic heterocycles. The summed E-state index contributed by atoms with van der Waals surface area (Å²) in [4.78, 5) is 23.1. The van der Waals surface area contributed by atoms with Crippen LogP contribution in [0.5, 0.6) is 5.75 Å². The maximum absolute atomic E-state index is 12.3. The molecule has 0 saturated carbocycles. The van der Waals surface area contributed by atoms with Gasteiger partial charge in [-0.3, -0.25) is 9.59 Å². The number of aromatic nitrogens is 4. The van der Waals surface area contributed by atoms with Gasteiger partial charge < -0.3 is 30.1 Å². The van der Waals surface area contributed by atoms with Crippen molar-refractivity contribution in [3.05, 3.63) is 119 Å². The minimum absolute atomic E-state index is 0.0403. The fourth-order valence-electron chi connectivity index (χ4n) is 5.95. The second-order valence-electron chi connectivity index (χ2n) is 12.3. The van der Waals surface area contributed by atoms with Gasteiger partial charge in [0.25, 0.3) is 0 Å². The molecular formula is C38H39N5O7S. The van der Waals surface area contributed by atoms with E-state index in [1.165, 1.54) is 11.8 Å². The Kier molecular flexibility index (Phi) is 11.7. The van der Waals surface area contributed by atoms with Gasteiger partial charge in [-0.05, 0) is 68.9 Å². The molecule has 0 bridgehead atoms. The molecule has 5 aromatic rings. The van der Waals surface area contributed by atoms with E-state index in [0.717, 1.165) is 39.1 Å². The van der Waals surface area contributed by atoms with E-state index in [1.54, 1.807) is 28.9 Å². The molecule has 13 heteroatoms. The lowest BCUT2D eigenvalue weighted by Gasteiger charge is -2.41. The summed E-state index contributed by atoms with van der Waals surface area (Å²) >= 11 is 1.47. The third-order valence-corrected chi connectivity index (χ3v) is 9.82. The molecule has 12 nitrogen and oxygen atoms in total. The van der Waals surface area contributed by atoms with E-state index < -0.39 is 12.3 Å². The van der Waals surface area contributed by atoms with Crippen molar-refractivity contribution in [2.45, 2.75) is 63.0 Å². The molecule has 4 atom stereocenters. The molecule has 1 amide bonds. The van der Waals surface area contributed by atoms with Crippen LogP contribution in [0.4, 0.5) is 0 Å². The van der Waals surface area contributed by atoms with E-state index >= 15 is 0 Å². The lowest BCUT2D eigenvalue weighted by atomic mass is 9.91. The molecule has 1 aromatic heterocycles. The van der Waals surface area contributed by atoms with Crippen LogP contribution in [0.1, 0.15) is 60.8 Å². The fraction of sp³-hybridized carbons (Fsp3) is 0.289. The summed E-state index contributed by atoms with van der Waals surface area (Å²) in [7, 11) is 0. The Morgan fingerprint density at radius 2 is 1.63 bits per heavy atom. The average Bonchev–Trinajstić information content (AvgIpc) is 3.63. The molecule has 4 N–H and O–H groups in total. The van der Waals surface area contributed by atoms with Crippen molar-refractivity contribution >= 4 is 23.6 Å². The Hall–Kier alpha value is -5.08. The number of thioether (sulfide) groups is 1. The molecule has 1 fully saturated rings. The van der Waals surface area contributed by atoms with Gasteiger partial charge in [-0.15, -0.1) is 5.10 Å². The van der Waals surface area contributed by atoms with Gasteiger partial charge in [0.15, 0.2) is 6.29 Å². The van der Waals surface area contributed by atoms with E-state index in [9.17, 15) is 19.8 Å². The van der Waals surface area contributed by atoms with Crippen LogP contribution < -0.4 is 5.32 Å². The number of tetrazole rings is 1. The minimum atomic E-state index is -0.915. The number of rotatable bonds is 14. The van der Waals surface area contributed by atoms with Crippen LogP contribution in [0, 0.1) is 5.92 Å². The normalized spacial score (nSPS) is 18.7. The Labute approximate surface area is 299 Å². The molecule has 0 aliphatic carbocycles. The summed E-state index contributed by atoms with van der Waals surface area (Å²) in [6.07, 6.45) is -0.805. The molecule has 1 saturated heterocycles. The second-order valence-corrected chi connectivity index (χ2v) is 13.3. The van der Waals surface area contributed by atoms with Crippen molar-refractivity contribution in [2.24, 2.45) is 5.92 Å².